The number of rotatable bonds is 6. The summed E-state index contributed by atoms with van der Waals surface area (Å²) in [6, 6.07) is 13.8. The minimum atomic E-state index is -4.48. The molecule has 0 saturated carbocycles. The van der Waals surface area contributed by atoms with Gasteiger partial charge in [0.05, 0.1) is 11.5 Å². The van der Waals surface area contributed by atoms with Crippen molar-refractivity contribution in [3.05, 3.63) is 83.3 Å². The maximum absolute atomic E-state index is 15.4. The molecule has 6 nitrogen and oxygen atoms in total. The van der Waals surface area contributed by atoms with Crippen LogP contribution in [0.3, 0.4) is 0 Å². The summed E-state index contributed by atoms with van der Waals surface area (Å²) in [5.41, 5.74) is 6.84. The first-order valence-corrected chi connectivity index (χ1v) is 10.5. The predicted molar refractivity (Wildman–Crippen MR) is 120 cm³/mol. The van der Waals surface area contributed by atoms with E-state index >= 15 is 4.39 Å². The lowest BCUT2D eigenvalue weighted by molar-refractivity contribution is -0.151. The maximum Gasteiger partial charge on any atom is 0.395 e. The summed E-state index contributed by atoms with van der Waals surface area (Å²) in [4.78, 5) is 16.8. The van der Waals surface area contributed by atoms with Crippen LogP contribution in [-0.2, 0) is 0 Å². The van der Waals surface area contributed by atoms with Gasteiger partial charge in [0.15, 0.2) is 5.65 Å². The summed E-state index contributed by atoms with van der Waals surface area (Å²) in [5, 5.41) is 6.41. The molecule has 2 aromatic heterocycles. The minimum Gasteiger partial charge on any atom is -0.366 e. The molecule has 0 aliphatic heterocycles. The Kier molecular flexibility index (Phi) is 6.23. The molecular weight excluding hydrogens is 450 g/mol. The first-order valence-electron chi connectivity index (χ1n) is 10.5. The molecule has 4 rings (SSSR count). The number of benzene rings is 2. The van der Waals surface area contributed by atoms with E-state index in [0.29, 0.717) is 16.8 Å². The average molecular weight is 471 g/mol. The number of halogens is 4. The molecule has 2 heterocycles. The van der Waals surface area contributed by atoms with Crippen molar-refractivity contribution in [2.75, 3.05) is 12.3 Å². The van der Waals surface area contributed by atoms with Crippen LogP contribution < -0.4 is 11.1 Å². The quantitative estimate of drug-likeness (QED) is 0.392. The van der Waals surface area contributed by atoms with Crippen molar-refractivity contribution in [1.82, 2.24) is 19.9 Å². The van der Waals surface area contributed by atoms with Gasteiger partial charge in [0.25, 0.3) is 5.91 Å². The number of hydrogen-bond donors (Lipinski definition) is 2. The summed E-state index contributed by atoms with van der Waals surface area (Å²) >= 11 is 0. The zero-order valence-corrected chi connectivity index (χ0v) is 18.1. The van der Waals surface area contributed by atoms with Gasteiger partial charge in [0.2, 0.25) is 5.95 Å². The Balaban J connectivity index is 1.55. The van der Waals surface area contributed by atoms with E-state index in [1.165, 1.54) is 34.8 Å². The van der Waals surface area contributed by atoms with Gasteiger partial charge in [-0.05, 0) is 42.2 Å². The number of fused-ring (bicyclic) bond motifs is 1. The van der Waals surface area contributed by atoms with Crippen LogP contribution in [0.1, 0.15) is 33.8 Å². The van der Waals surface area contributed by atoms with E-state index in [9.17, 15) is 18.0 Å². The molecule has 34 heavy (non-hydrogen) atoms. The molecule has 0 aliphatic carbocycles. The van der Waals surface area contributed by atoms with Crippen LogP contribution in [0.15, 0.2) is 60.8 Å². The summed E-state index contributed by atoms with van der Waals surface area (Å²) in [5.74, 6) is -3.23. The van der Waals surface area contributed by atoms with Gasteiger partial charge in [-0.1, -0.05) is 42.5 Å². The van der Waals surface area contributed by atoms with Crippen LogP contribution in [0.4, 0.5) is 23.5 Å². The molecule has 0 aliphatic rings. The van der Waals surface area contributed by atoms with Crippen LogP contribution in [0.2, 0.25) is 0 Å². The second-order valence-electron chi connectivity index (χ2n) is 7.86. The molecule has 176 valence electrons. The molecule has 1 amide bonds. The van der Waals surface area contributed by atoms with E-state index in [-0.39, 0.29) is 35.6 Å². The first kappa shape index (κ1) is 23.2. The van der Waals surface area contributed by atoms with E-state index in [0.717, 1.165) is 0 Å². The Hall–Kier alpha value is -3.95. The van der Waals surface area contributed by atoms with E-state index in [2.05, 4.69) is 15.4 Å². The minimum absolute atomic E-state index is 0.0641. The third kappa shape index (κ3) is 4.70. The third-order valence-electron chi connectivity index (χ3n) is 5.56. The lowest BCUT2D eigenvalue weighted by Gasteiger charge is -2.21. The fourth-order valence-electron chi connectivity index (χ4n) is 3.86. The zero-order valence-electron chi connectivity index (χ0n) is 18.1. The summed E-state index contributed by atoms with van der Waals surface area (Å²) in [6.07, 6.45) is -3.28. The number of hydrogen-bond acceptors (Lipinski definition) is 4. The Labute approximate surface area is 192 Å². The van der Waals surface area contributed by atoms with E-state index in [1.807, 2.05) is 0 Å². The Morgan fingerprint density at radius 2 is 1.88 bits per heavy atom. The monoisotopic (exact) mass is 471 g/mol. The molecule has 10 heteroatoms. The van der Waals surface area contributed by atoms with Crippen molar-refractivity contribution in [2.45, 2.75) is 25.4 Å². The lowest BCUT2D eigenvalue weighted by Crippen LogP contribution is -2.30. The van der Waals surface area contributed by atoms with Crippen molar-refractivity contribution in [3.8, 4) is 11.1 Å². The number of nitrogens with one attached hydrogen (secondary N) is 1. The van der Waals surface area contributed by atoms with Crippen molar-refractivity contribution in [1.29, 1.82) is 0 Å². The normalized spacial score (nSPS) is 12.6. The number of anilines is 1. The molecule has 2 aromatic carbocycles. The fraction of sp³-hybridized carbons (Fsp3) is 0.208. The Morgan fingerprint density at radius 3 is 2.59 bits per heavy atom. The molecule has 0 spiro atoms. The van der Waals surface area contributed by atoms with E-state index < -0.39 is 23.8 Å². The van der Waals surface area contributed by atoms with E-state index in [1.54, 1.807) is 37.4 Å². The van der Waals surface area contributed by atoms with Gasteiger partial charge in [-0.25, -0.2) is 8.91 Å². The van der Waals surface area contributed by atoms with Crippen LogP contribution in [0, 0.1) is 12.7 Å². The number of aromatic nitrogens is 3. The van der Waals surface area contributed by atoms with Gasteiger partial charge < -0.3 is 11.1 Å². The summed E-state index contributed by atoms with van der Waals surface area (Å²) < 4.78 is 57.5. The number of carbonyl (C=O) groups is 1. The highest BCUT2D eigenvalue weighted by Gasteiger charge is 2.40. The standard InChI is InChI=1S/C24H21F4N5O/c1-14-7-8-17(16-10-12-33-19(13-16)31-23(29)32-33)21(25)20(14)22(34)30-11-9-18(24(26,27)28)15-5-3-2-4-6-15/h2-8,10,12-13,18H,9,11H2,1H3,(H2,29,32)(H,30,34)/t18-/m1/s1. The number of pyridine rings is 1. The van der Waals surface area contributed by atoms with Crippen LogP contribution in [-0.4, -0.2) is 33.2 Å². The van der Waals surface area contributed by atoms with Gasteiger partial charge in [-0.15, -0.1) is 5.10 Å². The number of alkyl halides is 3. The molecule has 1 atom stereocenters. The number of carbonyl (C=O) groups excluding carboxylic acids is 1. The highest BCUT2D eigenvalue weighted by Crippen LogP contribution is 2.37. The van der Waals surface area contributed by atoms with Crippen molar-refractivity contribution in [3.63, 3.8) is 0 Å². The molecule has 0 bridgehead atoms. The van der Waals surface area contributed by atoms with Crippen LogP contribution >= 0.6 is 0 Å². The SMILES string of the molecule is Cc1ccc(-c2ccn3nc(N)nc3c2)c(F)c1C(=O)NCC[C@H](c1ccccc1)C(F)(F)F. The largest absolute Gasteiger partial charge is 0.395 e. The number of aryl methyl sites for hydroxylation is 1. The molecule has 0 saturated heterocycles. The highest BCUT2D eigenvalue weighted by atomic mass is 19.4. The molecule has 0 unspecified atom stereocenters. The van der Waals surface area contributed by atoms with Gasteiger partial charge in [0.1, 0.15) is 5.82 Å². The third-order valence-corrected chi connectivity index (χ3v) is 5.56. The zero-order chi connectivity index (χ0) is 24.5. The molecular formula is C24H21F4N5O. The second kappa shape index (κ2) is 9.12. The van der Waals surface area contributed by atoms with Gasteiger partial charge in [-0.3, -0.25) is 4.79 Å². The van der Waals surface area contributed by atoms with Gasteiger partial charge in [0, 0.05) is 18.3 Å². The Bertz CT molecular complexity index is 1330. The number of nitrogens with zero attached hydrogens (tertiary/aromatic N) is 3. The van der Waals surface area contributed by atoms with Crippen LogP contribution in [0.25, 0.3) is 16.8 Å². The lowest BCUT2D eigenvalue weighted by atomic mass is 9.95. The number of nitrogen functional groups attached to an aromatic ring is 1. The molecule has 0 radical (unpaired) electrons. The predicted octanol–water partition coefficient (Wildman–Crippen LogP) is 4.89. The van der Waals surface area contributed by atoms with Crippen molar-refractivity contribution < 1.29 is 22.4 Å². The van der Waals surface area contributed by atoms with Gasteiger partial charge >= 0.3 is 6.18 Å². The first-order chi connectivity index (χ1) is 16.1. The number of nitrogens with two attached hydrogens (primary N) is 1. The second-order valence-corrected chi connectivity index (χ2v) is 7.86. The summed E-state index contributed by atoms with van der Waals surface area (Å²) in [6.45, 7) is 1.29. The van der Waals surface area contributed by atoms with Crippen LogP contribution in [0.5, 0.6) is 0 Å². The van der Waals surface area contributed by atoms with Crippen molar-refractivity contribution >= 4 is 17.5 Å². The topological polar surface area (TPSA) is 85.3 Å². The average Bonchev–Trinajstić information content (AvgIpc) is 3.16. The van der Waals surface area contributed by atoms with E-state index in [4.69, 9.17) is 5.73 Å². The number of amides is 1. The molecule has 4 aromatic rings. The summed E-state index contributed by atoms with van der Waals surface area (Å²) in [7, 11) is 0. The maximum atomic E-state index is 15.4. The fourth-order valence-corrected chi connectivity index (χ4v) is 3.86. The smallest absolute Gasteiger partial charge is 0.366 e. The van der Waals surface area contributed by atoms with Gasteiger partial charge in [-0.2, -0.15) is 18.2 Å². The molecule has 0 fully saturated rings. The Morgan fingerprint density at radius 1 is 1.15 bits per heavy atom. The highest BCUT2D eigenvalue weighted by molar-refractivity contribution is 5.97. The molecule has 3 N–H and O–H groups in total. The van der Waals surface area contributed by atoms with Crippen molar-refractivity contribution in [2.24, 2.45) is 0 Å².